The molecule has 33 valence electrons. The van der Waals surface area contributed by atoms with Crippen LogP contribution in [0.25, 0.3) is 0 Å². The molecule has 0 aromatic rings. The van der Waals surface area contributed by atoms with Gasteiger partial charge in [0.2, 0.25) is 0 Å². The Kier molecular flexibility index (Phi) is 310. The quantitative estimate of drug-likeness (QED) is 0.479. The van der Waals surface area contributed by atoms with Crippen molar-refractivity contribution in [2.75, 3.05) is 0 Å². The van der Waals surface area contributed by atoms with E-state index in [1.807, 2.05) is 0 Å². The molecule has 0 amide bonds. The second kappa shape index (κ2) is 31.1. The Balaban J connectivity index is 0. The Hall–Kier alpha value is 2.55. The summed E-state index contributed by atoms with van der Waals surface area (Å²) >= 11 is 0. The molecule has 0 nitrogen and oxygen atoms in total. The van der Waals surface area contributed by atoms with E-state index >= 15 is 0 Å². The van der Waals surface area contributed by atoms with E-state index in [-0.39, 0.29) is 84.2 Å². The Bertz CT molecular complexity index is 4.85. The predicted octanol–water partition coefficient (Wildman–Crippen LogP) is -0.769. The van der Waals surface area contributed by atoms with Crippen molar-refractivity contribution in [3.05, 3.63) is 0 Å². The Morgan fingerprint density at radius 3 is 0.600 bits per heavy atom. The summed E-state index contributed by atoms with van der Waals surface area (Å²) in [5, 5.41) is 0. The monoisotopic (exact) mass is 228 g/mol. The van der Waals surface area contributed by atoms with Gasteiger partial charge in [-0.05, 0) is 0 Å². The molecule has 0 aliphatic heterocycles. The zero-order valence-electron chi connectivity index (χ0n) is 2.10. The van der Waals surface area contributed by atoms with Crippen molar-refractivity contribution >= 4 is 34.7 Å². The van der Waals surface area contributed by atoms with Gasteiger partial charge in [0.05, 0.1) is 0 Å². The first-order chi connectivity index (χ1) is 0. The molecule has 5 heteroatoms. The maximum absolute atomic E-state index is 0. The first-order valence-electron chi connectivity index (χ1n) is 0. The molecule has 0 bridgehead atoms. The molecule has 0 fully saturated rings. The van der Waals surface area contributed by atoms with Crippen molar-refractivity contribution in [3.63, 3.8) is 0 Å². The van der Waals surface area contributed by atoms with E-state index in [1.54, 1.807) is 0 Å². The third kappa shape index (κ3) is 20.9. The van der Waals surface area contributed by atoms with Crippen LogP contribution in [0.1, 0.15) is 0 Å². The van der Waals surface area contributed by atoms with E-state index in [0.29, 0.717) is 0 Å². The van der Waals surface area contributed by atoms with Gasteiger partial charge in [-0.3, -0.25) is 0 Å². The second-order valence-corrected chi connectivity index (χ2v) is 0. The fourth-order valence-corrected chi connectivity index (χ4v) is 0. The van der Waals surface area contributed by atoms with Crippen LogP contribution < -0.4 is 0 Å². The zero-order chi connectivity index (χ0) is 0. The largest absolute Gasteiger partial charge is 3.00 e. The summed E-state index contributed by atoms with van der Waals surface area (Å²) in [5.74, 6) is 0. The fourth-order valence-electron chi connectivity index (χ4n) is 0. The molecule has 0 saturated heterocycles. The average Bonchev–Trinajstić information content (AvgIpc) is 0. The number of hydrogen-bond donors (Lipinski definition) is 0. The molecule has 0 atom stereocenters. The number of hydrogen-bond acceptors (Lipinski definition) is 0. The third-order valence-electron chi connectivity index (χ3n) is 0. The molecule has 3 radical (unpaired) electrons. The third-order valence-corrected chi connectivity index (χ3v) is 0. The molecule has 0 rings (SSSR count). The van der Waals surface area contributed by atoms with Crippen LogP contribution in [0.5, 0.6) is 0 Å². The van der Waals surface area contributed by atoms with E-state index in [0.717, 1.165) is 0 Å². The summed E-state index contributed by atoms with van der Waals surface area (Å²) < 4.78 is 0. The van der Waals surface area contributed by atoms with E-state index in [4.69, 9.17) is 0 Å². The first kappa shape index (κ1) is 49.9. The van der Waals surface area contributed by atoms with Crippen LogP contribution in [0.3, 0.4) is 0 Å². The summed E-state index contributed by atoms with van der Waals surface area (Å²) in [6.45, 7) is 0. The van der Waals surface area contributed by atoms with Gasteiger partial charge >= 0.3 is 17.4 Å². The van der Waals surface area contributed by atoms with E-state index in [1.165, 1.54) is 0 Å². The molecule has 0 heterocycles. The van der Waals surface area contributed by atoms with Crippen LogP contribution in [-0.2, 0) is 49.5 Å². The van der Waals surface area contributed by atoms with Gasteiger partial charge in [-0.1, -0.05) is 0 Å². The Morgan fingerprint density at radius 2 is 0.600 bits per heavy atom. The van der Waals surface area contributed by atoms with Crippen LogP contribution >= 0.6 is 0 Å². The van der Waals surface area contributed by atoms with Crippen molar-refractivity contribution < 1.29 is 49.5 Å². The summed E-state index contributed by atoms with van der Waals surface area (Å²) in [7, 11) is 0. The Morgan fingerprint density at radius 1 is 0.600 bits per heavy atom. The standard InChI is InChI=1S/2Al.3Ni/q;+3;;;. The maximum atomic E-state index is 0. The maximum Gasteiger partial charge on any atom is 3.00 e. The molecule has 0 aliphatic rings. The summed E-state index contributed by atoms with van der Waals surface area (Å²) in [5.41, 5.74) is 0. The van der Waals surface area contributed by atoms with Gasteiger partial charge in [-0.2, -0.15) is 0 Å². The Labute approximate surface area is 83.3 Å². The van der Waals surface area contributed by atoms with Crippen molar-refractivity contribution in [1.82, 2.24) is 0 Å². The van der Waals surface area contributed by atoms with Crippen molar-refractivity contribution in [2.24, 2.45) is 0 Å². The molecule has 0 aromatic heterocycles. The number of rotatable bonds is 0. The summed E-state index contributed by atoms with van der Waals surface area (Å²) in [6.07, 6.45) is 0. The predicted molar refractivity (Wildman–Crippen MR) is 11.5 cm³/mol. The SMILES string of the molecule is [Al+3].[Al].[Ni].[Ni].[Ni]. The molecule has 5 heavy (non-hydrogen) atoms. The minimum Gasteiger partial charge on any atom is 0 e. The van der Waals surface area contributed by atoms with Crippen LogP contribution in [0.15, 0.2) is 0 Å². The normalized spacial score (nSPS) is 0. The van der Waals surface area contributed by atoms with E-state index in [9.17, 15) is 0 Å². The first-order valence-corrected chi connectivity index (χ1v) is 0. The van der Waals surface area contributed by atoms with Gasteiger partial charge in [-0.15, -0.1) is 0 Å². The van der Waals surface area contributed by atoms with Crippen LogP contribution in [-0.4, -0.2) is 34.7 Å². The minimum absolute atomic E-state index is 0. The van der Waals surface area contributed by atoms with Crippen LogP contribution in [0, 0.1) is 0 Å². The van der Waals surface area contributed by atoms with Crippen molar-refractivity contribution in [1.29, 1.82) is 0 Å². The van der Waals surface area contributed by atoms with Gasteiger partial charge in [0.1, 0.15) is 0 Å². The summed E-state index contributed by atoms with van der Waals surface area (Å²) in [4.78, 5) is 0. The van der Waals surface area contributed by atoms with E-state index in [2.05, 4.69) is 0 Å². The molecule has 0 unspecified atom stereocenters. The fraction of sp³-hybridized carbons (Fsp3) is 0. The second-order valence-electron chi connectivity index (χ2n) is 0. The molecule has 0 saturated carbocycles. The van der Waals surface area contributed by atoms with Crippen molar-refractivity contribution in [2.45, 2.75) is 0 Å². The van der Waals surface area contributed by atoms with Gasteiger partial charge in [0, 0.05) is 66.8 Å². The van der Waals surface area contributed by atoms with Gasteiger partial charge < -0.3 is 0 Å². The molecule has 0 aromatic carbocycles. The molecular formula is Al2Ni3+3. The molecule has 0 aliphatic carbocycles. The van der Waals surface area contributed by atoms with Crippen LogP contribution in [0.2, 0.25) is 0 Å². The topological polar surface area (TPSA) is 0 Å². The molecule has 0 N–H and O–H groups in total. The summed E-state index contributed by atoms with van der Waals surface area (Å²) in [6, 6.07) is 0. The van der Waals surface area contributed by atoms with E-state index < -0.39 is 0 Å². The zero-order valence-corrected chi connectivity index (χ0v) is 7.38. The van der Waals surface area contributed by atoms with Gasteiger partial charge in [0.15, 0.2) is 0 Å². The van der Waals surface area contributed by atoms with Gasteiger partial charge in [0.25, 0.3) is 0 Å². The smallest absolute Gasteiger partial charge is 0 e. The minimum atomic E-state index is 0. The molecule has 0 spiro atoms. The van der Waals surface area contributed by atoms with Gasteiger partial charge in [-0.25, -0.2) is 0 Å². The van der Waals surface area contributed by atoms with Crippen molar-refractivity contribution in [3.8, 4) is 0 Å². The molecular weight excluding hydrogens is 230 g/mol. The van der Waals surface area contributed by atoms with Crippen LogP contribution in [0.4, 0.5) is 0 Å². The average molecular weight is 230 g/mol.